The van der Waals surface area contributed by atoms with E-state index in [0.29, 0.717) is 32.3 Å². The normalized spacial score (nSPS) is 11.8. The van der Waals surface area contributed by atoms with Crippen LogP contribution in [0.4, 0.5) is 0 Å². The third-order valence-electron chi connectivity index (χ3n) is 4.11. The van der Waals surface area contributed by atoms with Crippen molar-refractivity contribution in [3.8, 4) is 17.2 Å². The highest BCUT2D eigenvalue weighted by molar-refractivity contribution is 5.31. The van der Waals surface area contributed by atoms with Crippen LogP contribution in [0.3, 0.4) is 0 Å². The highest BCUT2D eigenvalue weighted by Crippen LogP contribution is 2.21. The summed E-state index contributed by atoms with van der Waals surface area (Å²) in [5, 5.41) is 0. The Kier molecular flexibility index (Phi) is 8.13. The molecule has 0 heterocycles. The third kappa shape index (κ3) is 6.67. The molecule has 2 aromatic rings. The third-order valence-corrected chi connectivity index (χ3v) is 4.11. The van der Waals surface area contributed by atoms with Crippen LogP contribution in [0.2, 0.25) is 0 Å². The maximum Gasteiger partial charge on any atom is 0.119 e. The average molecular weight is 344 g/mol. The summed E-state index contributed by atoms with van der Waals surface area (Å²) in [7, 11) is 1.64. The van der Waals surface area contributed by atoms with Crippen LogP contribution in [0.5, 0.6) is 17.2 Å². The molecule has 0 fully saturated rings. The Balaban J connectivity index is 1.55. The first-order valence-corrected chi connectivity index (χ1v) is 8.80. The predicted molar refractivity (Wildman–Crippen MR) is 100.0 cm³/mol. The molecule has 0 aliphatic carbocycles. The van der Waals surface area contributed by atoms with Crippen molar-refractivity contribution in [3.05, 3.63) is 54.1 Å². The van der Waals surface area contributed by atoms with Crippen LogP contribution in [0.15, 0.2) is 48.5 Å². The second-order valence-electron chi connectivity index (χ2n) is 5.86. The maximum absolute atomic E-state index is 5.69. The number of methoxy groups -OCH3 is 1. The van der Waals surface area contributed by atoms with Gasteiger partial charge in [-0.2, -0.15) is 0 Å². The van der Waals surface area contributed by atoms with Crippen molar-refractivity contribution >= 4 is 0 Å². The smallest absolute Gasteiger partial charge is 0.119 e. The second-order valence-corrected chi connectivity index (χ2v) is 5.86. The van der Waals surface area contributed by atoms with E-state index in [2.05, 4.69) is 26.0 Å². The van der Waals surface area contributed by atoms with Crippen molar-refractivity contribution in [1.82, 2.24) is 0 Å². The molecule has 0 spiro atoms. The Hall–Kier alpha value is -2.20. The van der Waals surface area contributed by atoms with Gasteiger partial charge in [0.1, 0.15) is 30.5 Å². The molecule has 2 rings (SSSR count). The van der Waals surface area contributed by atoms with Crippen molar-refractivity contribution in [1.29, 1.82) is 0 Å². The molecule has 2 aromatic carbocycles. The van der Waals surface area contributed by atoms with Crippen LogP contribution in [-0.2, 0) is 4.74 Å². The standard InChI is InChI=1S/C21H28O4/c1-4-17(2)18-5-7-20(8-6-18)24-15-13-23-14-16-25-21-11-9-19(22-3)10-12-21/h5-12,17H,4,13-16H2,1-3H3/t17-/m1/s1. The van der Waals surface area contributed by atoms with Gasteiger partial charge >= 0.3 is 0 Å². The lowest BCUT2D eigenvalue weighted by Crippen LogP contribution is -2.12. The lowest BCUT2D eigenvalue weighted by atomic mass is 9.99. The van der Waals surface area contributed by atoms with Gasteiger partial charge in [0.25, 0.3) is 0 Å². The number of rotatable bonds is 11. The molecule has 0 aromatic heterocycles. The minimum absolute atomic E-state index is 0.510. The molecular formula is C21H28O4. The Morgan fingerprint density at radius 2 is 1.20 bits per heavy atom. The predicted octanol–water partition coefficient (Wildman–Crippen LogP) is 4.68. The summed E-state index contributed by atoms with van der Waals surface area (Å²) in [6.45, 7) is 6.55. The van der Waals surface area contributed by atoms with Crippen molar-refractivity contribution in [2.75, 3.05) is 33.5 Å². The molecule has 0 aliphatic heterocycles. The van der Waals surface area contributed by atoms with E-state index in [4.69, 9.17) is 18.9 Å². The SMILES string of the molecule is CC[C@@H](C)c1ccc(OCCOCCOc2ccc(OC)cc2)cc1. The molecule has 4 heteroatoms. The molecule has 25 heavy (non-hydrogen) atoms. The van der Waals surface area contributed by atoms with Gasteiger partial charge < -0.3 is 18.9 Å². The molecule has 1 atom stereocenters. The molecule has 0 saturated heterocycles. The van der Waals surface area contributed by atoms with E-state index in [0.717, 1.165) is 23.7 Å². The van der Waals surface area contributed by atoms with E-state index in [-0.39, 0.29) is 0 Å². The van der Waals surface area contributed by atoms with Gasteiger partial charge in [0.15, 0.2) is 0 Å². The Morgan fingerprint density at radius 3 is 1.68 bits per heavy atom. The van der Waals surface area contributed by atoms with Gasteiger partial charge in [0, 0.05) is 0 Å². The van der Waals surface area contributed by atoms with Gasteiger partial charge in [0.2, 0.25) is 0 Å². The Labute approximate surface area is 150 Å². The molecule has 0 aliphatic rings. The van der Waals surface area contributed by atoms with Gasteiger partial charge in [0.05, 0.1) is 20.3 Å². The summed E-state index contributed by atoms with van der Waals surface area (Å²) in [6, 6.07) is 15.8. The monoisotopic (exact) mass is 344 g/mol. The first-order valence-electron chi connectivity index (χ1n) is 8.80. The largest absolute Gasteiger partial charge is 0.497 e. The lowest BCUT2D eigenvalue weighted by Gasteiger charge is -2.11. The van der Waals surface area contributed by atoms with E-state index in [1.165, 1.54) is 5.56 Å². The second kappa shape index (κ2) is 10.6. The van der Waals surface area contributed by atoms with Crippen molar-refractivity contribution in [2.45, 2.75) is 26.2 Å². The van der Waals surface area contributed by atoms with Gasteiger partial charge in [-0.15, -0.1) is 0 Å². The molecular weight excluding hydrogens is 316 g/mol. The van der Waals surface area contributed by atoms with Gasteiger partial charge in [-0.05, 0) is 54.3 Å². The fourth-order valence-electron chi connectivity index (χ4n) is 2.34. The van der Waals surface area contributed by atoms with E-state index >= 15 is 0 Å². The maximum atomic E-state index is 5.69. The molecule has 0 N–H and O–H groups in total. The van der Waals surface area contributed by atoms with Crippen LogP contribution in [-0.4, -0.2) is 33.5 Å². The first kappa shape index (κ1) is 19.1. The summed E-state index contributed by atoms with van der Waals surface area (Å²) >= 11 is 0. The molecule has 136 valence electrons. The number of ether oxygens (including phenoxy) is 4. The van der Waals surface area contributed by atoms with E-state index < -0.39 is 0 Å². The molecule has 0 saturated carbocycles. The summed E-state index contributed by atoms with van der Waals surface area (Å²) in [4.78, 5) is 0. The average Bonchev–Trinajstić information content (AvgIpc) is 2.67. The quantitative estimate of drug-likeness (QED) is 0.555. The fourth-order valence-corrected chi connectivity index (χ4v) is 2.34. The number of benzene rings is 2. The van der Waals surface area contributed by atoms with Crippen molar-refractivity contribution in [3.63, 3.8) is 0 Å². The van der Waals surface area contributed by atoms with E-state index in [1.54, 1.807) is 7.11 Å². The van der Waals surface area contributed by atoms with Crippen molar-refractivity contribution in [2.24, 2.45) is 0 Å². The minimum atomic E-state index is 0.510. The highest BCUT2D eigenvalue weighted by Gasteiger charge is 2.02. The van der Waals surface area contributed by atoms with Crippen LogP contribution in [0.1, 0.15) is 31.7 Å². The van der Waals surface area contributed by atoms with Crippen LogP contribution in [0.25, 0.3) is 0 Å². The number of hydrogen-bond donors (Lipinski definition) is 0. The first-order chi connectivity index (χ1) is 12.2. The van der Waals surface area contributed by atoms with Gasteiger partial charge in [-0.3, -0.25) is 0 Å². The number of hydrogen-bond acceptors (Lipinski definition) is 4. The summed E-state index contributed by atoms with van der Waals surface area (Å²) in [6.07, 6.45) is 1.15. The van der Waals surface area contributed by atoms with Crippen LogP contribution >= 0.6 is 0 Å². The Bertz CT molecular complexity index is 592. The summed E-state index contributed by atoms with van der Waals surface area (Å²) in [5.74, 6) is 3.09. The molecule has 0 unspecified atom stereocenters. The Morgan fingerprint density at radius 1 is 0.720 bits per heavy atom. The summed E-state index contributed by atoms with van der Waals surface area (Å²) < 4.78 is 21.9. The minimum Gasteiger partial charge on any atom is -0.497 e. The molecule has 0 amide bonds. The zero-order valence-electron chi connectivity index (χ0n) is 15.4. The zero-order valence-corrected chi connectivity index (χ0v) is 15.4. The van der Waals surface area contributed by atoms with E-state index in [9.17, 15) is 0 Å². The van der Waals surface area contributed by atoms with E-state index in [1.807, 2.05) is 36.4 Å². The highest BCUT2D eigenvalue weighted by atomic mass is 16.5. The van der Waals surface area contributed by atoms with Crippen molar-refractivity contribution < 1.29 is 18.9 Å². The molecule has 0 radical (unpaired) electrons. The molecule has 4 nitrogen and oxygen atoms in total. The van der Waals surface area contributed by atoms with Crippen LogP contribution in [0, 0.1) is 0 Å². The summed E-state index contributed by atoms with van der Waals surface area (Å²) in [5.41, 5.74) is 1.35. The lowest BCUT2D eigenvalue weighted by molar-refractivity contribution is 0.0764. The van der Waals surface area contributed by atoms with Gasteiger partial charge in [-0.25, -0.2) is 0 Å². The van der Waals surface area contributed by atoms with Crippen LogP contribution < -0.4 is 14.2 Å². The zero-order chi connectivity index (χ0) is 17.9. The van der Waals surface area contributed by atoms with Gasteiger partial charge in [-0.1, -0.05) is 26.0 Å². The molecule has 0 bridgehead atoms. The fraction of sp³-hybridized carbons (Fsp3) is 0.429. The topological polar surface area (TPSA) is 36.9 Å².